The van der Waals surface area contributed by atoms with Crippen LogP contribution < -0.4 is 16.4 Å². The van der Waals surface area contributed by atoms with Crippen molar-refractivity contribution in [3.05, 3.63) is 0 Å². The number of thioether (sulfide) groups is 1. The maximum Gasteiger partial charge on any atom is 0.318 e. The van der Waals surface area contributed by atoms with Gasteiger partial charge >= 0.3 is 6.03 Å². The third-order valence-electron chi connectivity index (χ3n) is 1.62. The van der Waals surface area contributed by atoms with Crippen molar-refractivity contribution in [2.75, 3.05) is 18.6 Å². The lowest BCUT2D eigenvalue weighted by Crippen LogP contribution is -2.46. The Morgan fingerprint density at radius 3 is 2.64 bits per heavy atom. The summed E-state index contributed by atoms with van der Waals surface area (Å²) in [6.45, 7) is 2.45. The summed E-state index contributed by atoms with van der Waals surface area (Å²) >= 11 is 1.76. The first-order valence-corrected chi connectivity index (χ1v) is 5.80. The lowest BCUT2D eigenvalue weighted by Gasteiger charge is -2.11. The second kappa shape index (κ2) is 7.64. The fourth-order valence-electron chi connectivity index (χ4n) is 0.857. The van der Waals surface area contributed by atoms with Gasteiger partial charge in [0.1, 0.15) is 0 Å². The molecule has 0 fully saturated rings. The number of rotatable bonds is 6. The van der Waals surface area contributed by atoms with E-state index in [1.54, 1.807) is 18.7 Å². The molecule has 6 heteroatoms. The molecule has 0 aromatic carbocycles. The summed E-state index contributed by atoms with van der Waals surface area (Å²) < 4.78 is 0. The molecule has 0 radical (unpaired) electrons. The van der Waals surface area contributed by atoms with Crippen molar-refractivity contribution in [1.29, 1.82) is 0 Å². The van der Waals surface area contributed by atoms with Gasteiger partial charge in [0.15, 0.2) is 0 Å². The molecule has 3 amide bonds. The lowest BCUT2D eigenvalue weighted by atomic mass is 10.3. The molecule has 1 unspecified atom stereocenters. The minimum Gasteiger partial charge on any atom is -0.351 e. The highest BCUT2D eigenvalue weighted by Crippen LogP contribution is 1.94. The molecule has 0 aliphatic rings. The number of imide groups is 1. The van der Waals surface area contributed by atoms with E-state index in [9.17, 15) is 9.59 Å². The normalized spacial score (nSPS) is 12.1. The van der Waals surface area contributed by atoms with Crippen LogP contribution in [0, 0.1) is 0 Å². The molecule has 0 rings (SSSR count). The predicted octanol–water partition coefficient (Wildman–Crippen LogP) is -0.0875. The number of carbonyl (C=O) groups is 2. The van der Waals surface area contributed by atoms with E-state index >= 15 is 0 Å². The molecule has 82 valence electrons. The van der Waals surface area contributed by atoms with E-state index in [4.69, 9.17) is 5.73 Å². The number of nitrogens with two attached hydrogens (primary N) is 1. The summed E-state index contributed by atoms with van der Waals surface area (Å²) in [6, 6.07) is -1.20. The molecule has 0 saturated carbocycles. The quantitative estimate of drug-likeness (QED) is 0.545. The fraction of sp³-hybridized carbons (Fsp3) is 0.750. The molecule has 0 aromatic rings. The molecule has 14 heavy (non-hydrogen) atoms. The van der Waals surface area contributed by atoms with Crippen LogP contribution >= 0.6 is 11.8 Å². The van der Waals surface area contributed by atoms with Crippen molar-refractivity contribution in [3.8, 4) is 0 Å². The Kier molecular flexibility index (Phi) is 7.23. The highest BCUT2D eigenvalue weighted by molar-refractivity contribution is 7.98. The molecule has 4 N–H and O–H groups in total. The third-order valence-corrected chi connectivity index (χ3v) is 2.31. The molecule has 0 aliphatic carbocycles. The number of hydrogen-bond donors (Lipinski definition) is 3. The Labute approximate surface area is 88.2 Å². The van der Waals surface area contributed by atoms with Gasteiger partial charge in [-0.2, -0.15) is 11.8 Å². The third kappa shape index (κ3) is 6.73. The first-order chi connectivity index (χ1) is 6.57. The molecule has 1 atom stereocenters. The zero-order chi connectivity index (χ0) is 11.0. The van der Waals surface area contributed by atoms with Gasteiger partial charge in [0.25, 0.3) is 0 Å². The Morgan fingerprint density at radius 2 is 2.14 bits per heavy atom. The SMILES string of the molecule is CSCCCNC(C)C(=O)NC(N)=O. The van der Waals surface area contributed by atoms with Crippen LogP contribution in [0.15, 0.2) is 0 Å². The first-order valence-electron chi connectivity index (χ1n) is 4.40. The number of hydrogen-bond acceptors (Lipinski definition) is 4. The van der Waals surface area contributed by atoms with Crippen molar-refractivity contribution >= 4 is 23.7 Å². The Morgan fingerprint density at radius 1 is 1.50 bits per heavy atom. The predicted molar refractivity (Wildman–Crippen MR) is 58.2 cm³/mol. The average molecular weight is 219 g/mol. The van der Waals surface area contributed by atoms with E-state index < -0.39 is 6.03 Å². The number of amides is 3. The second-order valence-corrected chi connectivity index (χ2v) is 3.86. The van der Waals surface area contributed by atoms with Gasteiger partial charge in [-0.05, 0) is 31.9 Å². The van der Waals surface area contributed by atoms with E-state index in [0.29, 0.717) is 0 Å². The largest absolute Gasteiger partial charge is 0.351 e. The Hall–Kier alpha value is -0.750. The number of nitrogens with one attached hydrogen (secondary N) is 2. The van der Waals surface area contributed by atoms with Crippen molar-refractivity contribution in [2.24, 2.45) is 5.73 Å². The van der Waals surface area contributed by atoms with Gasteiger partial charge in [-0.25, -0.2) is 4.79 Å². The maximum absolute atomic E-state index is 11.1. The van der Waals surface area contributed by atoms with Gasteiger partial charge in [-0.3, -0.25) is 10.1 Å². The maximum atomic E-state index is 11.1. The van der Waals surface area contributed by atoms with Gasteiger partial charge in [0.2, 0.25) is 5.91 Å². The first kappa shape index (κ1) is 13.2. The molecule has 5 nitrogen and oxygen atoms in total. The second-order valence-electron chi connectivity index (χ2n) is 2.88. The summed E-state index contributed by atoms with van der Waals surface area (Å²) in [4.78, 5) is 21.5. The standard InChI is InChI=1S/C8H17N3O2S/c1-6(7(12)11-8(9)13)10-4-3-5-14-2/h6,10H,3-5H2,1-2H3,(H3,9,11,12,13). The average Bonchev–Trinajstić information content (AvgIpc) is 2.11. The summed E-state index contributed by atoms with van der Waals surface area (Å²) in [5, 5.41) is 5.01. The minimum absolute atomic E-state index is 0.385. The molecular weight excluding hydrogens is 202 g/mol. The van der Waals surface area contributed by atoms with E-state index in [1.165, 1.54) is 0 Å². The highest BCUT2D eigenvalue weighted by Gasteiger charge is 2.12. The van der Waals surface area contributed by atoms with Gasteiger partial charge in [-0.1, -0.05) is 0 Å². The van der Waals surface area contributed by atoms with Gasteiger partial charge in [0.05, 0.1) is 6.04 Å². The van der Waals surface area contributed by atoms with Crippen LogP contribution in [0.3, 0.4) is 0 Å². The van der Waals surface area contributed by atoms with E-state index in [0.717, 1.165) is 18.7 Å². The molecule has 0 bridgehead atoms. The monoisotopic (exact) mass is 219 g/mol. The molecule has 0 heterocycles. The van der Waals surface area contributed by atoms with Crippen LogP contribution in [-0.2, 0) is 4.79 Å². The van der Waals surface area contributed by atoms with Gasteiger partial charge < -0.3 is 11.1 Å². The van der Waals surface area contributed by atoms with Crippen molar-refractivity contribution in [1.82, 2.24) is 10.6 Å². The van der Waals surface area contributed by atoms with Crippen LogP contribution in [0.25, 0.3) is 0 Å². The van der Waals surface area contributed by atoms with Crippen LogP contribution in [0.5, 0.6) is 0 Å². The number of carbonyl (C=O) groups excluding carboxylic acids is 2. The summed E-state index contributed by atoms with van der Waals surface area (Å²) in [6.07, 6.45) is 3.03. The molecule has 0 saturated heterocycles. The number of primary amides is 1. The van der Waals surface area contributed by atoms with Crippen LogP contribution in [0.2, 0.25) is 0 Å². The smallest absolute Gasteiger partial charge is 0.318 e. The summed E-state index contributed by atoms with van der Waals surface area (Å²) in [5.41, 5.74) is 4.81. The zero-order valence-electron chi connectivity index (χ0n) is 8.50. The van der Waals surface area contributed by atoms with E-state index in [-0.39, 0.29) is 11.9 Å². The minimum atomic E-state index is -0.812. The van der Waals surface area contributed by atoms with Gasteiger partial charge in [0, 0.05) is 0 Å². The molecule has 0 spiro atoms. The molecule has 0 aromatic heterocycles. The summed E-state index contributed by atoms with van der Waals surface area (Å²) in [7, 11) is 0. The number of urea groups is 1. The topological polar surface area (TPSA) is 84.2 Å². The van der Waals surface area contributed by atoms with Crippen LogP contribution in [-0.4, -0.2) is 36.5 Å². The highest BCUT2D eigenvalue weighted by atomic mass is 32.2. The zero-order valence-corrected chi connectivity index (χ0v) is 9.32. The summed E-state index contributed by atoms with van der Waals surface area (Å²) in [5.74, 6) is 0.665. The van der Waals surface area contributed by atoms with Gasteiger partial charge in [-0.15, -0.1) is 0 Å². The van der Waals surface area contributed by atoms with Crippen LogP contribution in [0.4, 0.5) is 4.79 Å². The fourth-order valence-corrected chi connectivity index (χ4v) is 1.29. The van der Waals surface area contributed by atoms with Crippen molar-refractivity contribution in [3.63, 3.8) is 0 Å². The van der Waals surface area contributed by atoms with E-state index in [1.807, 2.05) is 11.6 Å². The Bertz CT molecular complexity index is 199. The lowest BCUT2D eigenvalue weighted by molar-refractivity contribution is -0.121. The Balaban J connectivity index is 3.57. The van der Waals surface area contributed by atoms with Crippen molar-refractivity contribution < 1.29 is 9.59 Å². The van der Waals surface area contributed by atoms with E-state index in [2.05, 4.69) is 5.32 Å². The molecular formula is C8H17N3O2S. The van der Waals surface area contributed by atoms with Crippen molar-refractivity contribution in [2.45, 2.75) is 19.4 Å². The van der Waals surface area contributed by atoms with Crippen LogP contribution in [0.1, 0.15) is 13.3 Å². The molecule has 0 aliphatic heterocycles.